The summed E-state index contributed by atoms with van der Waals surface area (Å²) in [4.78, 5) is 24.9. The monoisotopic (exact) mass is 322 g/mol. The molecule has 0 saturated carbocycles. The van der Waals surface area contributed by atoms with Crippen LogP contribution in [0.2, 0.25) is 0 Å². The first-order valence-corrected chi connectivity index (χ1v) is 7.35. The van der Waals surface area contributed by atoms with Crippen molar-refractivity contribution in [2.75, 3.05) is 19.6 Å². The molecule has 0 bridgehead atoms. The van der Waals surface area contributed by atoms with Crippen molar-refractivity contribution in [2.24, 2.45) is 5.92 Å². The molecule has 0 aromatic heterocycles. The molecular weight excluding hydrogens is 295 g/mol. The summed E-state index contributed by atoms with van der Waals surface area (Å²) >= 11 is 0. The van der Waals surface area contributed by atoms with Crippen LogP contribution in [0.5, 0.6) is 0 Å². The van der Waals surface area contributed by atoms with Crippen molar-refractivity contribution in [1.82, 2.24) is 10.2 Å². The van der Waals surface area contributed by atoms with E-state index < -0.39 is 5.60 Å². The van der Waals surface area contributed by atoms with E-state index in [0.717, 1.165) is 32.4 Å². The van der Waals surface area contributed by atoms with E-state index in [1.54, 1.807) is 0 Å². The average molecular weight is 322 g/mol. The van der Waals surface area contributed by atoms with Gasteiger partial charge in [-0.2, -0.15) is 0 Å². The van der Waals surface area contributed by atoms with Crippen LogP contribution in [0, 0.1) is 12.8 Å². The van der Waals surface area contributed by atoms with Crippen LogP contribution in [0.15, 0.2) is 0 Å². The zero-order valence-corrected chi connectivity index (χ0v) is 17.0. The van der Waals surface area contributed by atoms with Gasteiger partial charge in [-0.3, -0.25) is 4.79 Å². The minimum absolute atomic E-state index is 0. The number of ether oxygens (including phenoxy) is 1. The number of carbonyl (C=O) groups is 2. The zero-order valence-electron chi connectivity index (χ0n) is 13.9. The summed E-state index contributed by atoms with van der Waals surface area (Å²) in [6, 6.07) is 0. The number of nitrogens with one attached hydrogen (secondary N) is 1. The molecule has 6 heteroatoms. The van der Waals surface area contributed by atoms with Crippen molar-refractivity contribution in [3.05, 3.63) is 6.92 Å². The number of piperidine rings is 1. The summed E-state index contributed by atoms with van der Waals surface area (Å²) in [5.41, 5.74) is -0.454. The van der Waals surface area contributed by atoms with Crippen LogP contribution >= 0.6 is 0 Å². The van der Waals surface area contributed by atoms with E-state index in [1.807, 2.05) is 25.7 Å². The Morgan fingerprint density at radius 1 is 1.29 bits per heavy atom. The van der Waals surface area contributed by atoms with Gasteiger partial charge >= 0.3 is 57.5 Å². The summed E-state index contributed by atoms with van der Waals surface area (Å²) < 4.78 is 5.18. The SMILES string of the molecule is [CH2-]CC(=O)N1CCC(CCNC(=O)OC(C)(C)C)CC1.[K+]. The van der Waals surface area contributed by atoms with E-state index in [1.165, 1.54) is 0 Å². The van der Waals surface area contributed by atoms with Crippen molar-refractivity contribution in [1.29, 1.82) is 0 Å². The maximum Gasteiger partial charge on any atom is 1.00 e. The summed E-state index contributed by atoms with van der Waals surface area (Å²) in [5, 5.41) is 2.78. The molecule has 116 valence electrons. The molecule has 0 radical (unpaired) electrons. The Morgan fingerprint density at radius 3 is 2.33 bits per heavy atom. The minimum atomic E-state index is -0.454. The summed E-state index contributed by atoms with van der Waals surface area (Å²) in [5.74, 6) is 0.703. The number of nitrogens with zero attached hydrogens (tertiary/aromatic N) is 1. The van der Waals surface area contributed by atoms with Crippen molar-refractivity contribution in [3.63, 3.8) is 0 Å². The van der Waals surface area contributed by atoms with E-state index in [-0.39, 0.29) is 63.4 Å². The fourth-order valence-electron chi connectivity index (χ4n) is 2.32. The minimum Gasteiger partial charge on any atom is -0.444 e. The normalized spacial score (nSPS) is 16.1. The molecule has 1 fully saturated rings. The Kier molecular flexibility index (Phi) is 10.4. The molecule has 21 heavy (non-hydrogen) atoms. The van der Waals surface area contributed by atoms with Crippen LogP contribution in [0.4, 0.5) is 4.79 Å². The first kappa shape index (κ1) is 21.4. The van der Waals surface area contributed by atoms with E-state index in [9.17, 15) is 9.59 Å². The first-order chi connectivity index (χ1) is 9.31. The van der Waals surface area contributed by atoms with Crippen LogP contribution in [0.1, 0.15) is 46.5 Å². The molecular formula is C15H27KN2O3. The van der Waals surface area contributed by atoms with Crippen LogP contribution < -0.4 is 56.7 Å². The largest absolute Gasteiger partial charge is 1.00 e. The molecule has 1 N–H and O–H groups in total. The molecule has 1 rings (SSSR count). The topological polar surface area (TPSA) is 58.6 Å². The molecule has 1 aliphatic rings. The maximum absolute atomic E-state index is 11.5. The van der Waals surface area contributed by atoms with Gasteiger partial charge in [-0.15, -0.1) is 6.42 Å². The fraction of sp³-hybridized carbons (Fsp3) is 0.800. The third-order valence-corrected chi connectivity index (χ3v) is 3.40. The molecule has 1 heterocycles. The Balaban J connectivity index is 0.00000400. The summed E-state index contributed by atoms with van der Waals surface area (Å²) in [7, 11) is 0. The van der Waals surface area contributed by atoms with Gasteiger partial charge in [0.2, 0.25) is 0 Å². The molecule has 0 aliphatic carbocycles. The molecule has 1 saturated heterocycles. The van der Waals surface area contributed by atoms with E-state index in [4.69, 9.17) is 4.74 Å². The van der Waals surface area contributed by atoms with Crippen LogP contribution in [-0.2, 0) is 9.53 Å². The van der Waals surface area contributed by atoms with Crippen LogP contribution in [-0.4, -0.2) is 42.1 Å². The van der Waals surface area contributed by atoms with Gasteiger partial charge in [-0.1, -0.05) is 0 Å². The molecule has 5 nitrogen and oxygen atoms in total. The third kappa shape index (κ3) is 9.18. The van der Waals surface area contributed by atoms with Gasteiger partial charge in [0, 0.05) is 19.6 Å². The number of hydrogen-bond acceptors (Lipinski definition) is 3. The van der Waals surface area contributed by atoms with E-state index >= 15 is 0 Å². The second-order valence-corrected chi connectivity index (χ2v) is 6.29. The molecule has 0 aromatic carbocycles. The number of hydrogen-bond donors (Lipinski definition) is 1. The van der Waals surface area contributed by atoms with Gasteiger partial charge in [0.15, 0.2) is 5.91 Å². The number of amides is 2. The first-order valence-electron chi connectivity index (χ1n) is 7.35. The van der Waals surface area contributed by atoms with Gasteiger partial charge in [0.1, 0.15) is 5.60 Å². The predicted molar refractivity (Wildman–Crippen MR) is 78.1 cm³/mol. The Labute approximate surface area is 171 Å². The Bertz CT molecular complexity index is 334. The summed E-state index contributed by atoms with van der Waals surface area (Å²) in [6.07, 6.45) is 2.92. The maximum atomic E-state index is 11.5. The van der Waals surface area contributed by atoms with Gasteiger partial charge in [0.25, 0.3) is 0 Å². The number of carbonyl (C=O) groups excluding carboxylic acids is 2. The predicted octanol–water partition coefficient (Wildman–Crippen LogP) is -0.632. The second-order valence-electron chi connectivity index (χ2n) is 6.29. The Morgan fingerprint density at radius 2 is 1.86 bits per heavy atom. The molecule has 0 aromatic rings. The van der Waals surface area contributed by atoms with Gasteiger partial charge < -0.3 is 21.9 Å². The molecule has 2 amide bonds. The quantitative estimate of drug-likeness (QED) is 0.554. The van der Waals surface area contributed by atoms with Crippen molar-refractivity contribution in [3.8, 4) is 0 Å². The molecule has 0 unspecified atom stereocenters. The Hall–Kier alpha value is 0.376. The zero-order chi connectivity index (χ0) is 15.2. The number of rotatable bonds is 4. The molecule has 1 aliphatic heterocycles. The summed E-state index contributed by atoms with van der Waals surface area (Å²) in [6.45, 7) is 11.4. The van der Waals surface area contributed by atoms with Crippen molar-refractivity contribution in [2.45, 2.75) is 52.1 Å². The van der Waals surface area contributed by atoms with Crippen LogP contribution in [0.3, 0.4) is 0 Å². The average Bonchev–Trinajstić information content (AvgIpc) is 2.36. The van der Waals surface area contributed by atoms with Crippen molar-refractivity contribution < 1.29 is 65.7 Å². The fourth-order valence-corrected chi connectivity index (χ4v) is 2.32. The molecule has 0 atom stereocenters. The van der Waals surface area contributed by atoms with Crippen molar-refractivity contribution >= 4 is 12.0 Å². The van der Waals surface area contributed by atoms with Crippen LogP contribution in [0.25, 0.3) is 0 Å². The van der Waals surface area contributed by atoms with Gasteiger partial charge in [-0.05, 0) is 46.0 Å². The smallest absolute Gasteiger partial charge is 0.444 e. The van der Waals surface area contributed by atoms with Gasteiger partial charge in [0.05, 0.1) is 0 Å². The number of alkyl carbamates (subject to hydrolysis) is 1. The van der Waals surface area contributed by atoms with Gasteiger partial charge in [-0.25, -0.2) is 4.79 Å². The second kappa shape index (κ2) is 10.2. The van der Waals surface area contributed by atoms with E-state index in [0.29, 0.717) is 18.9 Å². The standard InChI is InChI=1S/C15H27N2O3.K/c1-5-13(18)17-10-7-12(8-11-17)6-9-16-14(19)20-15(2,3)4;/h12H,1,5-11H2,2-4H3,(H,16,19);/q-1;+1. The van der Waals surface area contributed by atoms with E-state index in [2.05, 4.69) is 12.2 Å². The third-order valence-electron chi connectivity index (χ3n) is 3.40. The molecule has 0 spiro atoms. The number of likely N-dealkylation sites (tertiary alicyclic amines) is 1.